The van der Waals surface area contributed by atoms with E-state index >= 15 is 0 Å². The van der Waals surface area contributed by atoms with Crippen molar-refractivity contribution in [3.63, 3.8) is 0 Å². The summed E-state index contributed by atoms with van der Waals surface area (Å²) in [6.07, 6.45) is 0.352. The lowest BCUT2D eigenvalue weighted by atomic mass is 10.0. The Morgan fingerprint density at radius 3 is 2.47 bits per heavy atom. The van der Waals surface area contributed by atoms with Gasteiger partial charge in [-0.05, 0) is 42.8 Å². The minimum absolute atomic E-state index is 0.0140. The van der Waals surface area contributed by atoms with Crippen molar-refractivity contribution in [2.45, 2.75) is 31.8 Å². The number of piperazine rings is 1. The summed E-state index contributed by atoms with van der Waals surface area (Å²) in [4.78, 5) is 8.68. The lowest BCUT2D eigenvalue weighted by molar-refractivity contribution is 0.100. The van der Waals surface area contributed by atoms with Crippen LogP contribution in [-0.2, 0) is 6.61 Å². The van der Waals surface area contributed by atoms with Crippen LogP contribution < -0.4 is 9.64 Å². The summed E-state index contributed by atoms with van der Waals surface area (Å²) in [6, 6.07) is 16.9. The number of pyridine rings is 1. The number of rotatable bonds is 9. The lowest BCUT2D eigenvalue weighted by Gasteiger charge is -2.44. The van der Waals surface area contributed by atoms with Crippen molar-refractivity contribution in [3.8, 4) is 5.75 Å². The van der Waals surface area contributed by atoms with Gasteiger partial charge in [0, 0.05) is 49.0 Å². The van der Waals surface area contributed by atoms with Crippen molar-refractivity contribution in [1.29, 1.82) is 0 Å². The second kappa shape index (κ2) is 12.2. The molecule has 0 bridgehead atoms. The third-order valence-corrected chi connectivity index (χ3v) is 6.82. The molecule has 1 aliphatic rings. The SMILES string of the molecule is CC(O)COc1ccc(N2CCN(CC(O)c3ccc(CO)nc3)C[C@H]2c2ccc(Cl)cc2)c(Cl)c1. The summed E-state index contributed by atoms with van der Waals surface area (Å²) in [5.74, 6) is 0.607. The van der Waals surface area contributed by atoms with Crippen molar-refractivity contribution in [1.82, 2.24) is 9.88 Å². The van der Waals surface area contributed by atoms with E-state index in [1.54, 1.807) is 31.3 Å². The molecule has 3 aromatic rings. The van der Waals surface area contributed by atoms with E-state index < -0.39 is 12.2 Å². The van der Waals surface area contributed by atoms with Gasteiger partial charge >= 0.3 is 0 Å². The van der Waals surface area contributed by atoms with Crippen molar-refractivity contribution >= 4 is 28.9 Å². The summed E-state index contributed by atoms with van der Waals surface area (Å²) < 4.78 is 5.61. The Morgan fingerprint density at radius 2 is 1.83 bits per heavy atom. The smallest absolute Gasteiger partial charge is 0.121 e. The van der Waals surface area contributed by atoms with Crippen LogP contribution in [0.15, 0.2) is 60.8 Å². The largest absolute Gasteiger partial charge is 0.491 e. The normalized spacial score (nSPS) is 18.2. The molecule has 3 N–H and O–H groups in total. The molecule has 3 atom stereocenters. The Kier molecular flexibility index (Phi) is 9.06. The highest BCUT2D eigenvalue weighted by Gasteiger charge is 2.31. The number of aliphatic hydroxyl groups excluding tert-OH is 3. The number of halogens is 2. The molecule has 36 heavy (non-hydrogen) atoms. The zero-order chi connectivity index (χ0) is 25.7. The van der Waals surface area contributed by atoms with Crippen LogP contribution >= 0.6 is 23.2 Å². The maximum Gasteiger partial charge on any atom is 0.121 e. The first-order chi connectivity index (χ1) is 17.3. The molecule has 1 aromatic heterocycles. The molecule has 2 unspecified atom stereocenters. The fourth-order valence-electron chi connectivity index (χ4n) is 4.37. The predicted molar refractivity (Wildman–Crippen MR) is 142 cm³/mol. The molecule has 4 rings (SSSR count). The predicted octanol–water partition coefficient (Wildman–Crippen LogP) is 4.24. The van der Waals surface area contributed by atoms with Crippen LogP contribution in [-0.4, -0.2) is 64.1 Å². The number of hydrogen-bond donors (Lipinski definition) is 3. The van der Waals surface area contributed by atoms with Gasteiger partial charge in [0.1, 0.15) is 12.4 Å². The number of aromatic nitrogens is 1. The zero-order valence-corrected chi connectivity index (χ0v) is 21.6. The number of hydrogen-bond acceptors (Lipinski definition) is 7. The third kappa shape index (κ3) is 6.68. The summed E-state index contributed by atoms with van der Waals surface area (Å²) in [6.45, 7) is 4.31. The molecule has 0 aliphatic carbocycles. The molecule has 7 nitrogen and oxygen atoms in total. The molecule has 2 heterocycles. The van der Waals surface area contributed by atoms with E-state index in [1.165, 1.54) is 0 Å². The Bertz CT molecular complexity index is 1130. The topological polar surface area (TPSA) is 89.3 Å². The Morgan fingerprint density at radius 1 is 1.06 bits per heavy atom. The molecular formula is C27H31Cl2N3O4. The number of β-amino-alcohol motifs (C(OH)–C–C–N with tert-alkyl or cyclic N) is 1. The average Bonchev–Trinajstić information content (AvgIpc) is 2.88. The highest BCUT2D eigenvalue weighted by molar-refractivity contribution is 6.33. The van der Waals surface area contributed by atoms with E-state index in [0.29, 0.717) is 46.7 Å². The molecule has 0 saturated carbocycles. The molecule has 0 amide bonds. The molecule has 192 valence electrons. The van der Waals surface area contributed by atoms with Gasteiger partial charge in [-0.3, -0.25) is 9.88 Å². The summed E-state index contributed by atoms with van der Waals surface area (Å²) in [5, 5.41) is 30.8. The van der Waals surface area contributed by atoms with Crippen LogP contribution in [0.4, 0.5) is 5.69 Å². The second-order valence-corrected chi connectivity index (χ2v) is 9.89. The molecule has 1 saturated heterocycles. The molecule has 1 fully saturated rings. The van der Waals surface area contributed by atoms with Gasteiger partial charge in [-0.25, -0.2) is 0 Å². The lowest BCUT2D eigenvalue weighted by Crippen LogP contribution is -2.49. The number of benzene rings is 2. The van der Waals surface area contributed by atoms with E-state index in [1.807, 2.05) is 36.4 Å². The van der Waals surface area contributed by atoms with Crippen LogP contribution in [0.1, 0.15) is 35.9 Å². The quantitative estimate of drug-likeness (QED) is 0.380. The van der Waals surface area contributed by atoms with Crippen LogP contribution in [0.5, 0.6) is 5.75 Å². The second-order valence-electron chi connectivity index (χ2n) is 9.05. The summed E-state index contributed by atoms with van der Waals surface area (Å²) in [7, 11) is 0. The first-order valence-corrected chi connectivity index (χ1v) is 12.7. The molecule has 9 heteroatoms. The first kappa shape index (κ1) is 26.7. The van der Waals surface area contributed by atoms with Gasteiger partial charge in [0.2, 0.25) is 0 Å². The van der Waals surface area contributed by atoms with Gasteiger partial charge in [-0.15, -0.1) is 0 Å². The summed E-state index contributed by atoms with van der Waals surface area (Å²) in [5.41, 5.74) is 3.28. The number of aliphatic hydroxyl groups is 3. The van der Waals surface area contributed by atoms with E-state index in [-0.39, 0.29) is 19.3 Å². The zero-order valence-electron chi connectivity index (χ0n) is 20.1. The van der Waals surface area contributed by atoms with Crippen LogP contribution in [0.2, 0.25) is 10.0 Å². The van der Waals surface area contributed by atoms with Gasteiger partial charge in [-0.2, -0.15) is 0 Å². The monoisotopic (exact) mass is 531 g/mol. The average molecular weight is 532 g/mol. The molecule has 2 aromatic carbocycles. The Hall–Kier alpha value is -2.39. The van der Waals surface area contributed by atoms with Crippen molar-refractivity contribution in [2.24, 2.45) is 0 Å². The van der Waals surface area contributed by atoms with E-state index in [9.17, 15) is 15.3 Å². The maximum atomic E-state index is 10.8. The standard InChI is InChI=1S/C27H31Cl2N3O4/c1-18(34)17-36-23-8-9-25(24(29)12-23)32-11-10-31(14-26(32)19-2-5-21(28)6-3-19)15-27(35)20-4-7-22(16-33)30-13-20/h2-9,12-13,18,26-27,33-35H,10-11,14-17H2,1H3/t18?,26-,27?/m0/s1. The van der Waals surface area contributed by atoms with Gasteiger partial charge < -0.3 is 25.0 Å². The minimum atomic E-state index is -0.698. The molecule has 1 aliphatic heterocycles. The van der Waals surface area contributed by atoms with Crippen molar-refractivity contribution in [2.75, 3.05) is 37.7 Å². The van der Waals surface area contributed by atoms with Gasteiger partial charge in [0.15, 0.2) is 0 Å². The van der Waals surface area contributed by atoms with E-state index in [4.69, 9.17) is 27.9 Å². The highest BCUT2D eigenvalue weighted by atomic mass is 35.5. The Labute approximate surface area is 221 Å². The van der Waals surface area contributed by atoms with E-state index in [2.05, 4.69) is 14.8 Å². The van der Waals surface area contributed by atoms with Crippen LogP contribution in [0.25, 0.3) is 0 Å². The van der Waals surface area contributed by atoms with Crippen LogP contribution in [0, 0.1) is 0 Å². The summed E-state index contributed by atoms with van der Waals surface area (Å²) >= 11 is 12.9. The highest BCUT2D eigenvalue weighted by Crippen LogP contribution is 2.37. The minimum Gasteiger partial charge on any atom is -0.491 e. The van der Waals surface area contributed by atoms with Gasteiger partial charge in [-0.1, -0.05) is 41.4 Å². The molecular weight excluding hydrogens is 501 g/mol. The first-order valence-electron chi connectivity index (χ1n) is 11.9. The van der Waals surface area contributed by atoms with Crippen LogP contribution in [0.3, 0.4) is 0 Å². The maximum absolute atomic E-state index is 10.8. The van der Waals surface area contributed by atoms with Crippen molar-refractivity contribution in [3.05, 3.63) is 87.7 Å². The number of nitrogens with zero attached hydrogens (tertiary/aromatic N) is 3. The fourth-order valence-corrected chi connectivity index (χ4v) is 4.77. The third-order valence-electron chi connectivity index (χ3n) is 6.26. The van der Waals surface area contributed by atoms with Gasteiger partial charge in [0.05, 0.1) is 41.3 Å². The van der Waals surface area contributed by atoms with Gasteiger partial charge in [0.25, 0.3) is 0 Å². The number of anilines is 1. The molecule has 0 radical (unpaired) electrons. The Balaban J connectivity index is 1.53. The van der Waals surface area contributed by atoms with Crippen molar-refractivity contribution < 1.29 is 20.1 Å². The van der Waals surface area contributed by atoms with E-state index in [0.717, 1.165) is 17.8 Å². The molecule has 0 spiro atoms. The number of ether oxygens (including phenoxy) is 1. The fraction of sp³-hybridized carbons (Fsp3) is 0.370.